The fraction of sp³-hybridized carbons (Fsp3) is 0.651. The number of fused-ring (bicyclic) bond motifs is 3. The van der Waals surface area contributed by atoms with Gasteiger partial charge in [-0.3, -0.25) is 9.59 Å². The number of aliphatic hydroxyl groups is 1. The first-order valence-corrected chi connectivity index (χ1v) is 21.6. The summed E-state index contributed by atoms with van der Waals surface area (Å²) in [7, 11) is 1.32. The number of hydrogen-bond acceptors (Lipinski definition) is 8. The number of amides is 3. The lowest BCUT2D eigenvalue weighted by Gasteiger charge is -2.53. The van der Waals surface area contributed by atoms with Gasteiger partial charge in [-0.25, -0.2) is 14.8 Å². The highest BCUT2D eigenvalue weighted by molar-refractivity contribution is 8.00. The van der Waals surface area contributed by atoms with Crippen molar-refractivity contribution in [2.24, 2.45) is 11.8 Å². The average Bonchev–Trinajstić information content (AvgIpc) is 4.01. The number of carbonyl (C=O) groups excluding carboxylic acids is 3. The van der Waals surface area contributed by atoms with Gasteiger partial charge in [-0.2, -0.15) is 0 Å². The zero-order valence-corrected chi connectivity index (χ0v) is 35.2. The van der Waals surface area contributed by atoms with Gasteiger partial charge in [-0.15, -0.1) is 11.8 Å². The van der Waals surface area contributed by atoms with Crippen LogP contribution in [0.5, 0.6) is 0 Å². The molecule has 3 aromatic rings. The lowest BCUT2D eigenvalue weighted by atomic mass is 9.51. The summed E-state index contributed by atoms with van der Waals surface area (Å²) >= 11 is 1.78. The van der Waals surface area contributed by atoms with Gasteiger partial charge < -0.3 is 34.9 Å². The third-order valence-corrected chi connectivity index (χ3v) is 13.8. The van der Waals surface area contributed by atoms with E-state index in [2.05, 4.69) is 58.4 Å². The smallest absolute Gasteiger partial charge is 0.407 e. The number of hydrogen-bond donors (Lipinski definition) is 4. The molecule has 2 bridgehead atoms. The number of ether oxygens (including phenoxy) is 1. The first-order valence-electron chi connectivity index (χ1n) is 20.6. The van der Waals surface area contributed by atoms with Crippen molar-refractivity contribution in [3.05, 3.63) is 60.1 Å². The minimum absolute atomic E-state index is 0.0506. The van der Waals surface area contributed by atoms with Crippen molar-refractivity contribution in [1.29, 1.82) is 0 Å². The summed E-state index contributed by atoms with van der Waals surface area (Å²) in [5.41, 5.74) is 4.58. The third kappa shape index (κ3) is 9.30. The predicted molar refractivity (Wildman–Crippen MR) is 220 cm³/mol. The number of aromatic amines is 2. The van der Waals surface area contributed by atoms with Crippen molar-refractivity contribution in [3.8, 4) is 11.3 Å². The van der Waals surface area contributed by atoms with Gasteiger partial charge in [0.2, 0.25) is 11.8 Å². The summed E-state index contributed by atoms with van der Waals surface area (Å²) in [6.07, 6.45) is 15.0. The summed E-state index contributed by atoms with van der Waals surface area (Å²) in [6.45, 7) is 13.1. The topological polar surface area (TPSA) is 157 Å². The van der Waals surface area contributed by atoms with Gasteiger partial charge in [0, 0.05) is 49.0 Å². The highest BCUT2D eigenvalue weighted by atomic mass is 32.2. The molecular weight excluding hydrogens is 727 g/mol. The van der Waals surface area contributed by atoms with Gasteiger partial charge in [-0.05, 0) is 93.6 Å². The van der Waals surface area contributed by atoms with Crippen molar-refractivity contribution >= 4 is 29.7 Å². The molecule has 0 spiro atoms. The minimum Gasteiger partial charge on any atom is -0.453 e. The number of benzene rings is 1. The van der Waals surface area contributed by atoms with Crippen molar-refractivity contribution in [2.75, 3.05) is 26.0 Å². The number of nitrogens with one attached hydrogen (secondary N) is 3. The summed E-state index contributed by atoms with van der Waals surface area (Å²) in [5, 5.41) is 12.7. The van der Waals surface area contributed by atoms with Crippen LogP contribution in [0.15, 0.2) is 43.0 Å². The van der Waals surface area contributed by atoms with E-state index >= 15 is 0 Å². The average molecular weight is 790 g/mol. The van der Waals surface area contributed by atoms with E-state index in [-0.39, 0.29) is 40.0 Å². The zero-order chi connectivity index (χ0) is 40.3. The number of carbonyl (C=O) groups is 3. The molecule has 3 amide bonds. The number of imidazole rings is 2. The maximum Gasteiger partial charge on any atom is 0.407 e. The number of thioether (sulfide) groups is 1. The Morgan fingerprint density at radius 2 is 1.68 bits per heavy atom. The first-order chi connectivity index (χ1) is 26.6. The fourth-order valence-electron chi connectivity index (χ4n) is 9.28. The van der Waals surface area contributed by atoms with Crippen LogP contribution in [0, 0.1) is 11.8 Å². The maximum atomic E-state index is 13.5. The van der Waals surface area contributed by atoms with Gasteiger partial charge >= 0.3 is 6.09 Å². The first kappa shape index (κ1) is 41.8. The van der Waals surface area contributed by atoms with E-state index in [1.807, 2.05) is 36.0 Å². The summed E-state index contributed by atoms with van der Waals surface area (Å²) in [6, 6.07) is 8.34. The van der Waals surface area contributed by atoms with Crippen LogP contribution in [-0.4, -0.2) is 95.7 Å². The third-order valence-electron chi connectivity index (χ3n) is 12.5. The van der Waals surface area contributed by atoms with Crippen LogP contribution in [0.4, 0.5) is 4.79 Å². The molecule has 3 saturated carbocycles. The van der Waals surface area contributed by atoms with Gasteiger partial charge in [0.05, 0.1) is 42.3 Å². The molecule has 8 rings (SSSR count). The summed E-state index contributed by atoms with van der Waals surface area (Å²) in [4.78, 5) is 57.1. The van der Waals surface area contributed by atoms with Gasteiger partial charge in [0.1, 0.15) is 11.9 Å². The lowest BCUT2D eigenvalue weighted by molar-refractivity contribution is -0.135. The van der Waals surface area contributed by atoms with E-state index in [0.29, 0.717) is 25.3 Å². The lowest BCUT2D eigenvalue weighted by Crippen LogP contribution is -2.51. The number of H-pyrrole nitrogens is 2. The van der Waals surface area contributed by atoms with Crippen LogP contribution in [0.25, 0.3) is 11.3 Å². The molecule has 306 valence electrons. The SMILES string of the molecule is CC(C)CC(=O)N1CCSC1CC(C)(C)O.COC(=O)NC(C(=O)N1CCCC1c1ncc(C23CCC(c4ccc(-c5cnc[nH]5)cc4)(CC2)CC3)[nH]1)C(C)C. The standard InChI is InChI=1S/C31H40N6O3.C12H23NO2S/c1-20(2)26(36-29(39)40-3)28(38)37-16-4-5-24(37)27-33-18-25(35-27)31-13-10-30(11-14-31,12-15-31)22-8-6-21(7-9-22)23-17-32-19-34-23;1-9(2)7-10(14)13-5-6-16-11(13)8-12(3,4)15/h6-9,17-20,24,26H,4-5,10-16H2,1-3H3,(H,32,34)(H,33,35)(H,36,39);9,11,15H,5-8H2,1-4H3. The van der Waals surface area contributed by atoms with Crippen LogP contribution < -0.4 is 5.32 Å². The van der Waals surface area contributed by atoms with Crippen LogP contribution in [-0.2, 0) is 25.2 Å². The van der Waals surface area contributed by atoms with Gasteiger partial charge in [-0.1, -0.05) is 52.0 Å². The number of aromatic nitrogens is 4. The molecule has 0 radical (unpaired) electrons. The number of nitrogens with zero attached hydrogens (tertiary/aromatic N) is 4. The fourth-order valence-corrected chi connectivity index (χ4v) is 10.8. The molecule has 4 heterocycles. The summed E-state index contributed by atoms with van der Waals surface area (Å²) in [5.74, 6) is 2.37. The Morgan fingerprint density at radius 3 is 2.27 bits per heavy atom. The molecule has 12 nitrogen and oxygen atoms in total. The Labute approximate surface area is 336 Å². The zero-order valence-electron chi connectivity index (χ0n) is 34.4. The van der Waals surface area contributed by atoms with Gasteiger partial charge in [0.25, 0.3) is 0 Å². The maximum absolute atomic E-state index is 13.5. The second-order valence-electron chi connectivity index (χ2n) is 17.9. The largest absolute Gasteiger partial charge is 0.453 e. The molecule has 2 saturated heterocycles. The second-order valence-corrected chi connectivity index (χ2v) is 19.1. The normalized spacial score (nSPS) is 25.3. The number of likely N-dealkylation sites (tertiary alicyclic amines) is 1. The molecule has 3 unspecified atom stereocenters. The molecule has 5 aliphatic rings. The molecule has 3 aliphatic carbocycles. The molecule has 56 heavy (non-hydrogen) atoms. The number of methoxy groups -OCH3 is 1. The molecule has 4 N–H and O–H groups in total. The molecule has 2 aliphatic heterocycles. The molecule has 3 atom stereocenters. The molecular formula is C43H63N7O5S. The molecule has 2 aromatic heterocycles. The van der Waals surface area contributed by atoms with Crippen LogP contribution in [0.1, 0.15) is 129 Å². The van der Waals surface area contributed by atoms with E-state index in [4.69, 9.17) is 9.72 Å². The van der Waals surface area contributed by atoms with E-state index in [1.54, 1.807) is 31.9 Å². The Hall–Kier alpha value is -3.84. The number of rotatable bonds is 11. The predicted octanol–water partition coefficient (Wildman–Crippen LogP) is 7.48. The van der Waals surface area contributed by atoms with Crippen molar-refractivity contribution in [1.82, 2.24) is 35.1 Å². The highest BCUT2D eigenvalue weighted by Gasteiger charge is 2.51. The molecule has 1 aromatic carbocycles. The van der Waals surface area contributed by atoms with Crippen LogP contribution >= 0.6 is 11.8 Å². The monoisotopic (exact) mass is 789 g/mol. The van der Waals surface area contributed by atoms with E-state index in [9.17, 15) is 19.5 Å². The van der Waals surface area contributed by atoms with E-state index in [1.165, 1.54) is 43.2 Å². The highest BCUT2D eigenvalue weighted by Crippen LogP contribution is 2.58. The Morgan fingerprint density at radius 1 is 1.00 bits per heavy atom. The van der Waals surface area contributed by atoms with Crippen molar-refractivity contribution < 1.29 is 24.2 Å². The van der Waals surface area contributed by atoms with Crippen LogP contribution in [0.3, 0.4) is 0 Å². The van der Waals surface area contributed by atoms with Crippen molar-refractivity contribution in [3.63, 3.8) is 0 Å². The Balaban J connectivity index is 0.000000280. The second kappa shape index (κ2) is 17.3. The molecule has 13 heteroatoms. The van der Waals surface area contributed by atoms with Crippen LogP contribution in [0.2, 0.25) is 0 Å². The Bertz CT molecular complexity index is 1760. The van der Waals surface area contributed by atoms with E-state index < -0.39 is 17.7 Å². The quantitative estimate of drug-likeness (QED) is 0.156. The Kier molecular flexibility index (Phi) is 12.9. The summed E-state index contributed by atoms with van der Waals surface area (Å²) < 4.78 is 4.77. The van der Waals surface area contributed by atoms with E-state index in [0.717, 1.165) is 55.9 Å². The van der Waals surface area contributed by atoms with Gasteiger partial charge in [0.15, 0.2) is 0 Å². The minimum atomic E-state index is -0.696. The molecule has 5 fully saturated rings. The van der Waals surface area contributed by atoms with Crippen molar-refractivity contribution in [2.45, 2.75) is 140 Å². The number of alkyl carbamates (subject to hydrolysis) is 1.